The maximum Gasteiger partial charge on any atom is 0.232 e. The predicted molar refractivity (Wildman–Crippen MR) is 146 cm³/mol. The van der Waals surface area contributed by atoms with Crippen molar-refractivity contribution >= 4 is 33.1 Å². The molecule has 0 aliphatic rings. The predicted octanol–water partition coefficient (Wildman–Crippen LogP) is 5.71. The van der Waals surface area contributed by atoms with Gasteiger partial charge in [-0.05, 0) is 48.1 Å². The third-order valence-corrected chi connectivity index (χ3v) is 7.15. The van der Waals surface area contributed by atoms with Gasteiger partial charge >= 0.3 is 0 Å². The van der Waals surface area contributed by atoms with Crippen molar-refractivity contribution in [3.8, 4) is 0 Å². The van der Waals surface area contributed by atoms with Gasteiger partial charge < -0.3 is 5.32 Å². The summed E-state index contributed by atoms with van der Waals surface area (Å²) in [7, 11) is -3.49. The topological polar surface area (TPSA) is 83.6 Å². The first-order valence-electron chi connectivity index (χ1n) is 11.9. The molecule has 1 amide bonds. The molecule has 1 N–H and O–H groups in total. The summed E-state index contributed by atoms with van der Waals surface area (Å²) in [6.07, 6.45) is 1.66. The van der Waals surface area contributed by atoms with Gasteiger partial charge in [-0.2, -0.15) is 0 Å². The number of carbonyl (C=O) groups excluding carboxylic acids is 2. The van der Waals surface area contributed by atoms with Crippen LogP contribution in [0.25, 0.3) is 0 Å². The molecule has 3 rings (SSSR count). The van der Waals surface area contributed by atoms with Crippen LogP contribution in [0.1, 0.15) is 60.7 Å². The Labute approximate surface area is 214 Å². The maximum absolute atomic E-state index is 13.0. The summed E-state index contributed by atoms with van der Waals surface area (Å²) >= 11 is 0. The second-order valence-corrected chi connectivity index (χ2v) is 11.9. The number of anilines is 2. The summed E-state index contributed by atoms with van der Waals surface area (Å²) in [5.74, 6) is -0.360. The lowest BCUT2D eigenvalue weighted by atomic mass is 9.86. The van der Waals surface area contributed by atoms with Crippen molar-refractivity contribution in [3.05, 3.63) is 95.1 Å². The van der Waals surface area contributed by atoms with Gasteiger partial charge in [-0.25, -0.2) is 8.42 Å². The van der Waals surface area contributed by atoms with Crippen molar-refractivity contribution in [3.63, 3.8) is 0 Å². The number of para-hydroxylation sites is 1. The number of nitrogens with one attached hydrogen (secondary N) is 1. The van der Waals surface area contributed by atoms with Crippen molar-refractivity contribution in [2.75, 3.05) is 22.4 Å². The molecule has 0 aliphatic heterocycles. The van der Waals surface area contributed by atoms with Gasteiger partial charge in [-0.3, -0.25) is 13.9 Å². The average Bonchev–Trinajstić information content (AvgIpc) is 2.81. The maximum atomic E-state index is 13.0. The number of hydrogen-bond acceptors (Lipinski definition) is 4. The largest absolute Gasteiger partial charge is 0.326 e. The Morgan fingerprint density at radius 3 is 2.17 bits per heavy atom. The van der Waals surface area contributed by atoms with Crippen molar-refractivity contribution in [1.29, 1.82) is 0 Å². The van der Waals surface area contributed by atoms with E-state index in [0.717, 1.165) is 11.1 Å². The summed E-state index contributed by atoms with van der Waals surface area (Å²) in [5, 5.41) is 2.82. The fraction of sp³-hybridized carbons (Fsp3) is 0.310. The summed E-state index contributed by atoms with van der Waals surface area (Å²) in [4.78, 5) is 25.5. The van der Waals surface area contributed by atoms with Crippen LogP contribution < -0.4 is 9.62 Å². The first-order chi connectivity index (χ1) is 16.9. The molecule has 0 radical (unpaired) electrons. The van der Waals surface area contributed by atoms with Crippen LogP contribution in [0, 0.1) is 6.92 Å². The highest BCUT2D eigenvalue weighted by atomic mass is 32.2. The first kappa shape index (κ1) is 27.1. The molecule has 3 aromatic carbocycles. The highest BCUT2D eigenvalue weighted by Gasteiger charge is 2.19. The van der Waals surface area contributed by atoms with Crippen LogP contribution in [0.15, 0.2) is 72.8 Å². The number of nitrogens with zero attached hydrogens (tertiary/aromatic N) is 1. The zero-order valence-electron chi connectivity index (χ0n) is 21.5. The lowest BCUT2D eigenvalue weighted by Gasteiger charge is -2.24. The first-order valence-corrected chi connectivity index (χ1v) is 13.8. The van der Waals surface area contributed by atoms with Crippen molar-refractivity contribution in [1.82, 2.24) is 0 Å². The minimum atomic E-state index is -3.49. The average molecular weight is 507 g/mol. The van der Waals surface area contributed by atoms with Crippen LogP contribution >= 0.6 is 0 Å². The van der Waals surface area contributed by atoms with Gasteiger partial charge in [0.15, 0.2) is 5.78 Å². The molecule has 0 aromatic heterocycles. The molecule has 0 fully saturated rings. The minimum absolute atomic E-state index is 0.00401. The van der Waals surface area contributed by atoms with Crippen molar-refractivity contribution in [2.45, 2.75) is 46.0 Å². The number of ketones is 1. The van der Waals surface area contributed by atoms with Gasteiger partial charge in [-0.15, -0.1) is 0 Å². The second kappa shape index (κ2) is 11.1. The number of carbonyl (C=O) groups is 2. The highest BCUT2D eigenvalue weighted by molar-refractivity contribution is 7.92. The lowest BCUT2D eigenvalue weighted by Crippen LogP contribution is -2.32. The molecule has 0 heterocycles. The molecular weight excluding hydrogens is 472 g/mol. The molecule has 0 unspecified atom stereocenters. The molecule has 0 saturated carbocycles. The van der Waals surface area contributed by atoms with Gasteiger partial charge in [-0.1, -0.05) is 75.4 Å². The minimum Gasteiger partial charge on any atom is -0.326 e. The Morgan fingerprint density at radius 1 is 0.889 bits per heavy atom. The molecule has 0 atom stereocenters. The normalized spacial score (nSPS) is 11.7. The Morgan fingerprint density at radius 2 is 1.56 bits per heavy atom. The Balaban J connectivity index is 1.62. The molecule has 0 bridgehead atoms. The molecule has 3 aromatic rings. The van der Waals surface area contributed by atoms with Gasteiger partial charge in [0.05, 0.1) is 11.9 Å². The van der Waals surface area contributed by atoms with E-state index in [1.807, 2.05) is 43.3 Å². The number of rotatable bonds is 9. The van der Waals surface area contributed by atoms with Crippen LogP contribution in [-0.2, 0) is 20.2 Å². The van der Waals surface area contributed by atoms with Gasteiger partial charge in [0.25, 0.3) is 0 Å². The third-order valence-electron chi connectivity index (χ3n) is 5.97. The lowest BCUT2D eigenvalue weighted by molar-refractivity contribution is -0.116. The molecule has 0 saturated heterocycles. The van der Waals surface area contributed by atoms with Crippen LogP contribution in [0.3, 0.4) is 0 Å². The zero-order chi connectivity index (χ0) is 26.5. The van der Waals surface area contributed by atoms with E-state index in [0.29, 0.717) is 28.9 Å². The SMILES string of the molecule is Cc1ccccc1N(CCCC(=O)Nc1cccc(C(=O)c2ccc(C(C)(C)C)cc2)c1)S(C)(=O)=O. The standard InChI is InChI=1S/C29H34N2O4S/c1-21-10-6-7-13-26(21)31(36(5,34)35)19-9-14-27(32)30-25-12-8-11-23(20-25)28(33)22-15-17-24(18-16-22)29(2,3)4/h6-8,10-13,15-18,20H,9,14,19H2,1-5H3,(H,30,32). The smallest absolute Gasteiger partial charge is 0.232 e. The Hall–Kier alpha value is -3.45. The number of hydrogen-bond donors (Lipinski definition) is 1. The summed E-state index contributed by atoms with van der Waals surface area (Å²) < 4.78 is 26.0. The van der Waals surface area contributed by atoms with E-state index >= 15 is 0 Å². The molecule has 0 spiro atoms. The third kappa shape index (κ3) is 7.04. The second-order valence-electron chi connectivity index (χ2n) is 10.0. The van der Waals surface area contributed by atoms with E-state index in [1.54, 1.807) is 36.4 Å². The molecule has 6 nitrogen and oxygen atoms in total. The van der Waals surface area contributed by atoms with Gasteiger partial charge in [0.1, 0.15) is 0 Å². The van der Waals surface area contributed by atoms with Crippen molar-refractivity contribution in [2.24, 2.45) is 0 Å². The van der Waals surface area contributed by atoms with Gasteiger partial charge in [0, 0.05) is 29.8 Å². The van der Waals surface area contributed by atoms with E-state index in [2.05, 4.69) is 26.1 Å². The quantitative estimate of drug-likeness (QED) is 0.377. The van der Waals surface area contributed by atoms with E-state index in [4.69, 9.17) is 0 Å². The Bertz CT molecular complexity index is 1340. The number of benzene rings is 3. The summed E-state index contributed by atoms with van der Waals surface area (Å²) in [6.45, 7) is 8.42. The fourth-order valence-electron chi connectivity index (χ4n) is 3.94. The summed E-state index contributed by atoms with van der Waals surface area (Å²) in [5.41, 5.74) is 4.21. The molecule has 190 valence electrons. The summed E-state index contributed by atoms with van der Waals surface area (Å²) in [6, 6.07) is 21.7. The highest BCUT2D eigenvalue weighted by Crippen LogP contribution is 2.24. The number of amides is 1. The number of sulfonamides is 1. The van der Waals surface area contributed by atoms with Gasteiger partial charge in [0.2, 0.25) is 15.9 Å². The van der Waals surface area contributed by atoms with Crippen molar-refractivity contribution < 1.29 is 18.0 Å². The molecule has 7 heteroatoms. The van der Waals surface area contributed by atoms with E-state index in [1.165, 1.54) is 10.6 Å². The monoisotopic (exact) mass is 506 g/mol. The molecular formula is C29H34N2O4S. The molecule has 36 heavy (non-hydrogen) atoms. The van der Waals surface area contributed by atoms with Crippen LogP contribution in [0.2, 0.25) is 0 Å². The van der Waals surface area contributed by atoms with E-state index in [9.17, 15) is 18.0 Å². The molecule has 0 aliphatic carbocycles. The van der Waals surface area contributed by atoms with E-state index < -0.39 is 10.0 Å². The van der Waals surface area contributed by atoms with Crippen LogP contribution in [0.5, 0.6) is 0 Å². The number of aryl methyl sites for hydroxylation is 1. The van der Waals surface area contributed by atoms with E-state index in [-0.39, 0.29) is 30.1 Å². The van der Waals surface area contributed by atoms with Crippen LogP contribution in [0.4, 0.5) is 11.4 Å². The fourth-order valence-corrected chi connectivity index (χ4v) is 4.96. The van der Waals surface area contributed by atoms with Crippen LogP contribution in [-0.4, -0.2) is 32.9 Å². The Kier molecular flexibility index (Phi) is 8.35. The zero-order valence-corrected chi connectivity index (χ0v) is 22.4.